The molecule has 2 fully saturated rings. The number of rotatable bonds is 9. The molecule has 2 aliphatic heterocycles. The van der Waals surface area contributed by atoms with Gasteiger partial charge in [0.25, 0.3) is 6.47 Å². The van der Waals surface area contributed by atoms with Crippen LogP contribution in [0, 0.1) is 5.92 Å². The number of halogens is 3. The van der Waals surface area contributed by atoms with Gasteiger partial charge in [0.2, 0.25) is 11.9 Å². The van der Waals surface area contributed by atoms with Crippen molar-refractivity contribution in [2.24, 2.45) is 5.92 Å². The van der Waals surface area contributed by atoms with Crippen LogP contribution >= 0.6 is 0 Å². The Morgan fingerprint density at radius 1 is 1.33 bits per heavy atom. The van der Waals surface area contributed by atoms with E-state index in [2.05, 4.69) is 15.3 Å². The highest BCUT2D eigenvalue weighted by Crippen LogP contribution is 2.35. The Hall–Kier alpha value is -2.43. The summed E-state index contributed by atoms with van der Waals surface area (Å²) >= 11 is 0. The number of hydrogen-bond acceptors (Lipinski definition) is 7. The number of likely N-dealkylation sites (N-methyl/N-ethyl adjacent to an activating group) is 1. The summed E-state index contributed by atoms with van der Waals surface area (Å²) in [6.45, 7) is 1.92. The van der Waals surface area contributed by atoms with Crippen LogP contribution in [0.5, 0.6) is 0 Å². The van der Waals surface area contributed by atoms with Crippen molar-refractivity contribution in [3.8, 4) is 0 Å². The molecule has 2 unspecified atom stereocenters. The predicted molar refractivity (Wildman–Crippen MR) is 102 cm³/mol. The maximum atomic E-state index is 12.8. The molecule has 2 aliphatic rings. The van der Waals surface area contributed by atoms with Gasteiger partial charge in [0.15, 0.2) is 0 Å². The first-order chi connectivity index (χ1) is 14.3. The fraction of sp³-hybridized carbons (Fsp3) is 0.684. The second-order valence-corrected chi connectivity index (χ2v) is 7.74. The molecule has 0 bridgehead atoms. The number of carbonyl (C=O) groups excluding carboxylic acids is 2. The first-order valence-corrected chi connectivity index (χ1v) is 9.95. The number of ether oxygens (including phenoxy) is 1. The Balaban J connectivity index is 1.43. The number of alkyl halides is 3. The summed E-state index contributed by atoms with van der Waals surface area (Å²) in [6.07, 6.45) is 0.0739. The highest BCUT2D eigenvalue weighted by molar-refractivity contribution is 5.77. The molecule has 11 heteroatoms. The maximum Gasteiger partial charge on any atom is 0.393 e. The van der Waals surface area contributed by atoms with Crippen LogP contribution in [0.25, 0.3) is 0 Å². The topological polar surface area (TPSA) is 87.7 Å². The predicted octanol–water partition coefficient (Wildman–Crippen LogP) is 1.33. The monoisotopic (exact) mass is 429 g/mol. The van der Waals surface area contributed by atoms with Crippen LogP contribution in [0.2, 0.25) is 0 Å². The molecular weight excluding hydrogens is 403 g/mol. The highest BCUT2D eigenvalue weighted by Gasteiger charge is 2.44. The number of anilines is 1. The van der Waals surface area contributed by atoms with Crippen molar-refractivity contribution in [3.63, 3.8) is 0 Å². The molecule has 166 valence electrons. The molecule has 2 saturated heterocycles. The average molecular weight is 429 g/mol. The van der Waals surface area contributed by atoms with Crippen molar-refractivity contribution in [1.82, 2.24) is 20.2 Å². The van der Waals surface area contributed by atoms with Gasteiger partial charge in [-0.05, 0) is 25.5 Å². The van der Waals surface area contributed by atoms with Crippen LogP contribution < -0.4 is 10.2 Å². The van der Waals surface area contributed by atoms with E-state index in [4.69, 9.17) is 4.74 Å². The van der Waals surface area contributed by atoms with Gasteiger partial charge in [-0.2, -0.15) is 13.2 Å². The molecule has 0 saturated carbocycles. The average Bonchev–Trinajstić information content (AvgIpc) is 3.18. The van der Waals surface area contributed by atoms with E-state index >= 15 is 0 Å². The summed E-state index contributed by atoms with van der Waals surface area (Å²) < 4.78 is 43.2. The SMILES string of the molecule is CNC(CCC(=O)N1CC(c2cnc(N3CCC(C(F)(F)F)C3)nc2)C1)COC=O. The fourth-order valence-electron chi connectivity index (χ4n) is 3.73. The van der Waals surface area contributed by atoms with Gasteiger partial charge in [-0.1, -0.05) is 0 Å². The molecule has 3 rings (SSSR count). The summed E-state index contributed by atoms with van der Waals surface area (Å²) in [5, 5.41) is 3.00. The molecule has 3 heterocycles. The molecule has 30 heavy (non-hydrogen) atoms. The van der Waals surface area contributed by atoms with Gasteiger partial charge in [0, 0.05) is 57.0 Å². The van der Waals surface area contributed by atoms with Gasteiger partial charge >= 0.3 is 6.18 Å². The summed E-state index contributed by atoms with van der Waals surface area (Å²) in [5.41, 5.74) is 0.877. The maximum absolute atomic E-state index is 12.8. The zero-order chi connectivity index (χ0) is 21.7. The van der Waals surface area contributed by atoms with E-state index in [1.54, 1.807) is 29.2 Å². The molecule has 1 aromatic rings. The molecule has 8 nitrogen and oxygen atoms in total. The van der Waals surface area contributed by atoms with Crippen molar-refractivity contribution < 1.29 is 27.5 Å². The molecule has 1 N–H and O–H groups in total. The molecule has 1 amide bonds. The number of amides is 1. The lowest BCUT2D eigenvalue weighted by Gasteiger charge is -2.39. The lowest BCUT2D eigenvalue weighted by atomic mass is 9.93. The quantitative estimate of drug-likeness (QED) is 0.593. The molecule has 0 aromatic carbocycles. The fourth-order valence-corrected chi connectivity index (χ4v) is 3.73. The van der Waals surface area contributed by atoms with Gasteiger partial charge < -0.3 is 19.9 Å². The minimum atomic E-state index is -4.19. The largest absolute Gasteiger partial charge is 0.466 e. The zero-order valence-corrected chi connectivity index (χ0v) is 16.8. The lowest BCUT2D eigenvalue weighted by Crippen LogP contribution is -2.48. The highest BCUT2D eigenvalue weighted by atomic mass is 19.4. The van der Waals surface area contributed by atoms with E-state index < -0.39 is 12.1 Å². The van der Waals surface area contributed by atoms with Crippen LogP contribution in [0.15, 0.2) is 12.4 Å². The van der Waals surface area contributed by atoms with Crippen molar-refractivity contribution >= 4 is 18.3 Å². The Kier molecular flexibility index (Phi) is 7.11. The normalized spacial score (nSPS) is 20.7. The van der Waals surface area contributed by atoms with Crippen LogP contribution in [0.4, 0.5) is 19.1 Å². The van der Waals surface area contributed by atoms with Crippen molar-refractivity contribution in [2.75, 3.05) is 44.7 Å². The molecule has 0 radical (unpaired) electrons. The summed E-state index contributed by atoms with van der Waals surface area (Å²) in [4.78, 5) is 34.4. The van der Waals surface area contributed by atoms with Crippen LogP contribution in [-0.4, -0.2) is 79.3 Å². The third-order valence-corrected chi connectivity index (χ3v) is 5.78. The van der Waals surface area contributed by atoms with Gasteiger partial charge in [-0.25, -0.2) is 9.97 Å². The van der Waals surface area contributed by atoms with E-state index in [9.17, 15) is 22.8 Å². The Bertz CT molecular complexity index is 725. The van der Waals surface area contributed by atoms with Crippen LogP contribution in [0.3, 0.4) is 0 Å². The third kappa shape index (κ3) is 5.38. The third-order valence-electron chi connectivity index (χ3n) is 5.78. The van der Waals surface area contributed by atoms with Gasteiger partial charge in [-0.15, -0.1) is 0 Å². The summed E-state index contributed by atoms with van der Waals surface area (Å²) in [5.74, 6) is -0.860. The second kappa shape index (κ2) is 9.59. The van der Waals surface area contributed by atoms with E-state index in [0.717, 1.165) is 5.56 Å². The summed E-state index contributed by atoms with van der Waals surface area (Å²) in [6, 6.07) is -0.0697. The zero-order valence-electron chi connectivity index (χ0n) is 16.8. The van der Waals surface area contributed by atoms with Crippen molar-refractivity contribution in [1.29, 1.82) is 0 Å². The molecule has 2 atom stereocenters. The van der Waals surface area contributed by atoms with Crippen LogP contribution in [-0.2, 0) is 14.3 Å². The van der Waals surface area contributed by atoms with E-state index in [0.29, 0.717) is 44.9 Å². The first-order valence-electron chi connectivity index (χ1n) is 9.95. The smallest absolute Gasteiger partial charge is 0.393 e. The first kappa shape index (κ1) is 22.3. The Morgan fingerprint density at radius 2 is 2.03 bits per heavy atom. The lowest BCUT2D eigenvalue weighted by molar-refractivity contribution is -0.168. The van der Waals surface area contributed by atoms with Gasteiger partial charge in [0.1, 0.15) is 6.61 Å². The number of aromatic nitrogens is 2. The number of nitrogens with one attached hydrogen (secondary N) is 1. The van der Waals surface area contributed by atoms with Gasteiger partial charge in [-0.3, -0.25) is 9.59 Å². The van der Waals surface area contributed by atoms with Crippen molar-refractivity contribution in [3.05, 3.63) is 18.0 Å². The molecule has 1 aromatic heterocycles. The molecule has 0 spiro atoms. The number of hydrogen-bond donors (Lipinski definition) is 1. The van der Waals surface area contributed by atoms with E-state index in [-0.39, 0.29) is 37.4 Å². The standard InChI is InChI=1S/C19H26F3N5O3/c1-23-16(11-30-12-28)2-3-17(29)27-8-14(9-27)13-6-24-18(25-7-13)26-5-4-15(10-26)19(20,21)22/h6-7,12,14-16,23H,2-5,8-11H2,1H3. The summed E-state index contributed by atoms with van der Waals surface area (Å²) in [7, 11) is 1.75. The minimum absolute atomic E-state index is 0.0328. The number of carbonyl (C=O) groups is 2. The Labute approximate surface area is 172 Å². The molecule has 0 aliphatic carbocycles. The van der Waals surface area contributed by atoms with Gasteiger partial charge in [0.05, 0.1) is 5.92 Å². The van der Waals surface area contributed by atoms with E-state index in [1.807, 2.05) is 0 Å². The minimum Gasteiger partial charge on any atom is -0.466 e. The van der Waals surface area contributed by atoms with Crippen molar-refractivity contribution in [2.45, 2.75) is 37.4 Å². The molecular formula is C19H26F3N5O3. The Morgan fingerprint density at radius 3 is 2.60 bits per heavy atom. The van der Waals surface area contributed by atoms with E-state index in [1.165, 1.54) is 0 Å². The number of likely N-dealkylation sites (tertiary alicyclic amines) is 1. The number of nitrogens with zero attached hydrogens (tertiary/aromatic N) is 4. The van der Waals surface area contributed by atoms with Crippen LogP contribution in [0.1, 0.15) is 30.7 Å². The second-order valence-electron chi connectivity index (χ2n) is 7.74.